The fraction of sp³-hybridized carbons (Fsp3) is 0.598. The molecule has 0 spiro atoms. The number of fused-ring (bicyclic) bond motifs is 9. The predicted octanol–water partition coefficient (Wildman–Crippen LogP) is 11.0. The highest BCUT2D eigenvalue weighted by Gasteiger charge is 2.44. The number of furan rings is 9. The second kappa shape index (κ2) is 55.5. The molecule has 0 aliphatic carbocycles. The van der Waals surface area contributed by atoms with E-state index in [4.69, 9.17) is 39.8 Å². The van der Waals surface area contributed by atoms with Crippen molar-refractivity contribution in [1.29, 1.82) is 0 Å². The first-order valence-corrected chi connectivity index (χ1v) is 53.0. The van der Waals surface area contributed by atoms with Gasteiger partial charge in [0.25, 0.3) is 0 Å². The lowest BCUT2D eigenvalue weighted by Gasteiger charge is -2.38. The van der Waals surface area contributed by atoms with E-state index in [2.05, 4.69) is 129 Å². The normalized spacial score (nSPS) is 21.1. The quantitative estimate of drug-likeness (QED) is 0.0319. The Balaban J connectivity index is 0.000000173. The smallest absolute Gasteiger partial charge is 0.248 e. The summed E-state index contributed by atoms with van der Waals surface area (Å²) in [6, 6.07) is 14.6. The molecule has 38 heteroatoms. The highest BCUT2D eigenvalue weighted by molar-refractivity contribution is 5.89. The van der Waals surface area contributed by atoms with E-state index in [1.807, 2.05) is 131 Å². The van der Waals surface area contributed by atoms with Crippen LogP contribution in [-0.4, -0.2) is 313 Å². The van der Waals surface area contributed by atoms with Crippen molar-refractivity contribution in [3.8, 4) is 0 Å². The molecule has 9 amide bonds. The summed E-state index contributed by atoms with van der Waals surface area (Å²) in [6.07, 6.45) is 23.0. The van der Waals surface area contributed by atoms with E-state index in [9.17, 15) is 48.3 Å². The number of nitrogens with zero attached hydrogens (tertiary/aromatic N) is 10. The minimum absolute atomic E-state index is 0.0397. The Kier molecular flexibility index (Phi) is 44.5. The molecule has 9 aliphatic rings. The van der Waals surface area contributed by atoms with Crippen LogP contribution in [0.4, 0.5) is 0 Å². The molecule has 9 aromatic rings. The number of likely N-dealkylation sites (N-methyl/N-ethyl adjacent to an activating group) is 12. The Bertz CT molecular complexity index is 5690. The van der Waals surface area contributed by atoms with Gasteiger partial charge < -0.3 is 142 Å². The summed E-state index contributed by atoms with van der Waals surface area (Å²) < 4.78 is 48.9. The number of nitrogens with one attached hydrogen (secondary N) is 9. The van der Waals surface area contributed by atoms with Gasteiger partial charge in [0.2, 0.25) is 53.2 Å². The van der Waals surface area contributed by atoms with Crippen LogP contribution in [0.3, 0.4) is 0 Å². The standard InChI is InChI=1S/2C14H22N2O2.C13H21N3O2.2C13H20N2O2.C12H18N2O3.C12H18N2O2.C11H16N2O2.C10H14N2O2/c1-14(2,3)9-16-7-5-10-6-8-18-12(10)11(15-4)13(16)17;1-5-14(2,3)16-8-6-10-7-9-18-12(10)11(15-4)13(16)17;1-14-11-12-10(5-9-18-12)4-6-16(13(11)17)8-7-15(2)3;1-13(2,3)15-7-5-9-6-8-17-11(9)10(14-4)12(15)16;1-9(2)8-15-6-4-10-5-7-17-12(10)11(14-3)13(15)16;1-8(15)7-14-5-3-9-4-6-17-11(9)10(13-2)12(14)16;1-8(2)14-6-4-9-5-7-16-11(9)10(13-3)12(14)15;1-3-13-6-4-8-5-7-15-10(8)9(12-2)11(13)14;1-11-8-9-7(4-6-14-9)3-5-12(2)10(8)13/h6,8,11,15H,5,7,9H2,1-4H3;7,9,11,15H,5-6,8H2,1-4H3;5,9,11,14H,4,6-8H2,1-3H3;6,8,10,14H,5,7H2,1-4H3;5,7,9,11,14H,4,6,8H2,1-3H3;4,6,8,10,13,15H,3,5,7H2,1-2H3;5,7-8,10,13H,4,6H2,1-3H3;5,7,9,12H,3-4,6H2,1-2H3;4,6,8,11H,3,5H2,1-2H3. The number of hydrogen-bond donors (Lipinski definition) is 10. The number of carbonyl (C=O) groups excluding carboxylic acids is 9. The van der Waals surface area contributed by atoms with Crippen LogP contribution in [0.25, 0.3) is 0 Å². The number of hydrogen-bond acceptors (Lipinski definition) is 29. The maximum atomic E-state index is 12.6. The zero-order valence-electron chi connectivity index (χ0n) is 93.8. The van der Waals surface area contributed by atoms with Gasteiger partial charge in [-0.05, 0) is 320 Å². The van der Waals surface area contributed by atoms with Gasteiger partial charge in [0, 0.05) is 122 Å². The molecule has 10 atom stereocenters. The first kappa shape index (κ1) is 120. The number of carbonyl (C=O) groups is 9. The zero-order valence-corrected chi connectivity index (χ0v) is 93.8. The van der Waals surface area contributed by atoms with Gasteiger partial charge >= 0.3 is 0 Å². The van der Waals surface area contributed by atoms with Gasteiger partial charge in [-0.1, -0.05) is 41.5 Å². The Hall–Kier alpha value is -11.7. The molecule has 0 aromatic carbocycles. The number of β-amino-alcohol motifs (C(OH)–C–C–N with tert-alkyl or cyclic N) is 1. The zero-order chi connectivity index (χ0) is 110. The molecular weight excluding hydrogens is 1920 g/mol. The molecule has 9 aromatic heterocycles. The van der Waals surface area contributed by atoms with Gasteiger partial charge in [0.05, 0.1) is 62.5 Å². The molecule has 0 saturated carbocycles. The maximum Gasteiger partial charge on any atom is 0.248 e. The molecule has 0 radical (unpaired) electrons. The van der Waals surface area contributed by atoms with Crippen molar-refractivity contribution in [1.82, 2.24) is 96.9 Å². The first-order chi connectivity index (χ1) is 71.4. The predicted molar refractivity (Wildman–Crippen MR) is 573 cm³/mol. The summed E-state index contributed by atoms with van der Waals surface area (Å²) in [5, 5.41) is 36.7. The molecule has 0 saturated heterocycles. The average Bonchev–Trinajstić information content (AvgIpc) is 1.65. The van der Waals surface area contributed by atoms with Crippen molar-refractivity contribution in [2.24, 2.45) is 11.3 Å². The third kappa shape index (κ3) is 30.0. The molecular formula is C112H171N19O19. The minimum Gasteiger partial charge on any atom is -0.467 e. The third-order valence-electron chi connectivity index (χ3n) is 28.7. The van der Waals surface area contributed by atoms with Crippen molar-refractivity contribution < 1.29 is 88.0 Å². The fourth-order valence-electron chi connectivity index (χ4n) is 20.1. The fourth-order valence-corrected chi connectivity index (χ4v) is 20.1. The minimum atomic E-state index is -0.513. The molecule has 9 aliphatic heterocycles. The largest absolute Gasteiger partial charge is 0.467 e. The number of rotatable bonds is 21. The molecule has 18 rings (SSSR count). The average molecular weight is 2090 g/mol. The van der Waals surface area contributed by atoms with E-state index in [0.29, 0.717) is 24.8 Å². The van der Waals surface area contributed by atoms with Crippen LogP contribution in [-0.2, 0) is 101 Å². The van der Waals surface area contributed by atoms with E-state index < -0.39 is 12.1 Å². The molecule has 150 heavy (non-hydrogen) atoms. The van der Waals surface area contributed by atoms with E-state index >= 15 is 0 Å². The number of aliphatic hydroxyl groups is 1. The lowest BCUT2D eigenvalue weighted by Crippen LogP contribution is -2.50. The van der Waals surface area contributed by atoms with Gasteiger partial charge in [-0.2, -0.15) is 0 Å². The van der Waals surface area contributed by atoms with Crippen molar-refractivity contribution in [3.05, 3.63) is 213 Å². The van der Waals surface area contributed by atoms with E-state index in [1.54, 1.807) is 137 Å². The van der Waals surface area contributed by atoms with Crippen molar-refractivity contribution in [3.63, 3.8) is 0 Å². The van der Waals surface area contributed by atoms with Crippen LogP contribution in [0.2, 0.25) is 0 Å². The summed E-state index contributed by atoms with van der Waals surface area (Å²) in [6.45, 7) is 42.0. The second-order valence-electron chi connectivity index (χ2n) is 42.9. The number of aliphatic hydroxyl groups excluding tert-OH is 1. The summed E-state index contributed by atoms with van der Waals surface area (Å²) in [4.78, 5) is 130. The van der Waals surface area contributed by atoms with E-state index in [-0.39, 0.29) is 124 Å². The monoisotopic (exact) mass is 2090 g/mol. The van der Waals surface area contributed by atoms with Gasteiger partial charge in [-0.25, -0.2) is 0 Å². The maximum absolute atomic E-state index is 12.6. The summed E-state index contributed by atoms with van der Waals surface area (Å²) in [5.74, 6) is 8.15. The lowest BCUT2D eigenvalue weighted by atomic mass is 9.96. The molecule has 10 N–H and O–H groups in total. The van der Waals surface area contributed by atoms with Gasteiger partial charge in [0.15, 0.2) is 0 Å². The molecule has 10 unspecified atom stereocenters. The van der Waals surface area contributed by atoms with Gasteiger partial charge in [-0.15, -0.1) is 0 Å². The van der Waals surface area contributed by atoms with Crippen LogP contribution >= 0.6 is 0 Å². The Morgan fingerprint density at radius 2 is 0.580 bits per heavy atom. The van der Waals surface area contributed by atoms with Crippen molar-refractivity contribution >= 4 is 53.2 Å². The lowest BCUT2D eigenvalue weighted by molar-refractivity contribution is -0.139. The molecule has 18 heterocycles. The van der Waals surface area contributed by atoms with Gasteiger partial charge in [-0.3, -0.25) is 43.2 Å². The van der Waals surface area contributed by atoms with Crippen LogP contribution < -0.4 is 47.9 Å². The van der Waals surface area contributed by atoms with Crippen LogP contribution in [0, 0.1) is 11.3 Å². The molecule has 828 valence electrons. The first-order valence-electron chi connectivity index (χ1n) is 53.0. The topological polar surface area (TPSA) is 433 Å². The van der Waals surface area contributed by atoms with E-state index in [1.165, 1.54) is 0 Å². The Morgan fingerprint density at radius 3 is 0.873 bits per heavy atom. The van der Waals surface area contributed by atoms with Crippen molar-refractivity contribution in [2.45, 2.75) is 246 Å². The summed E-state index contributed by atoms with van der Waals surface area (Å²) in [7, 11) is 21.9. The SMILES string of the molecule is CCC(C)(C)N1CCc2ccoc2C(NC)C1=O.CCN1CCc2ccoc2C(NC)C1=O.CNC1C(=O)N(C(C)(C)C)CCc2ccoc21.CNC1C(=O)N(C(C)C)CCc2ccoc21.CNC1C(=O)N(C)CCc2ccoc21.CNC1C(=O)N(CC(C)(C)C)CCc2ccoc21.CNC1C(=O)N(CC(C)C)CCc2ccoc21.CNC1C(=O)N(CC(C)O)CCc2ccoc21.CNC1C(=O)N(CCN(C)C)CCc2ccoc21. The van der Waals surface area contributed by atoms with Crippen molar-refractivity contribution in [2.75, 3.05) is 183 Å². The molecule has 0 bridgehead atoms. The van der Waals surface area contributed by atoms with E-state index in [0.717, 1.165) is 245 Å². The van der Waals surface area contributed by atoms with Crippen LogP contribution in [0.5, 0.6) is 0 Å². The summed E-state index contributed by atoms with van der Waals surface area (Å²) in [5.41, 5.74) is 9.98. The van der Waals surface area contributed by atoms with Crippen LogP contribution in [0.15, 0.2) is 151 Å². The van der Waals surface area contributed by atoms with Crippen LogP contribution in [0.1, 0.15) is 267 Å². The highest BCUT2D eigenvalue weighted by Crippen LogP contribution is 2.37. The molecule has 38 nitrogen and oxygen atoms in total. The Morgan fingerprint density at radius 1 is 0.327 bits per heavy atom. The van der Waals surface area contributed by atoms with Gasteiger partial charge in [0.1, 0.15) is 106 Å². The number of amides is 9. The summed E-state index contributed by atoms with van der Waals surface area (Å²) >= 11 is 0. The molecule has 0 fully saturated rings. The Labute approximate surface area is 886 Å². The third-order valence-corrected chi connectivity index (χ3v) is 28.7. The highest BCUT2D eigenvalue weighted by atomic mass is 16.4. The second-order valence-corrected chi connectivity index (χ2v) is 42.9.